The number of carbonyl (C=O) groups excluding carboxylic acids is 2. The topological polar surface area (TPSA) is 104 Å². The third kappa shape index (κ3) is 5.97. The van der Waals surface area contributed by atoms with Crippen molar-refractivity contribution >= 4 is 39.1 Å². The number of nitrogens with one attached hydrogen (secondary N) is 3. The maximum Gasteiger partial charge on any atom is 0.261 e. The smallest absolute Gasteiger partial charge is 0.261 e. The molecule has 2 rings (SSSR count). The van der Waals surface area contributed by atoms with Crippen LogP contribution in [0.1, 0.15) is 23.7 Å². The molecule has 9 heteroatoms. The fourth-order valence-electron chi connectivity index (χ4n) is 2.12. The minimum atomic E-state index is -3.84. The van der Waals surface area contributed by atoms with Gasteiger partial charge in [0.2, 0.25) is 5.91 Å². The van der Waals surface area contributed by atoms with Gasteiger partial charge in [0.25, 0.3) is 15.9 Å². The van der Waals surface area contributed by atoms with Crippen molar-refractivity contribution < 1.29 is 18.0 Å². The van der Waals surface area contributed by atoms with Gasteiger partial charge in [-0.25, -0.2) is 8.42 Å². The van der Waals surface area contributed by atoms with Crippen molar-refractivity contribution in [2.75, 3.05) is 17.8 Å². The molecule has 0 saturated carbocycles. The van der Waals surface area contributed by atoms with E-state index in [0.717, 1.165) is 6.42 Å². The van der Waals surface area contributed by atoms with Crippen molar-refractivity contribution in [1.82, 2.24) is 10.6 Å². The van der Waals surface area contributed by atoms with Crippen molar-refractivity contribution in [2.24, 2.45) is 0 Å². The molecule has 7 nitrogen and oxygen atoms in total. The van der Waals surface area contributed by atoms with Crippen molar-refractivity contribution in [2.45, 2.75) is 18.2 Å². The predicted molar refractivity (Wildman–Crippen MR) is 104 cm³/mol. The van der Waals surface area contributed by atoms with E-state index < -0.39 is 15.9 Å². The number of hydrogen-bond donors (Lipinski definition) is 3. The number of halogens is 1. The number of sulfonamides is 1. The molecule has 27 heavy (non-hydrogen) atoms. The lowest BCUT2D eigenvalue weighted by atomic mass is 10.2. The average Bonchev–Trinajstić information content (AvgIpc) is 2.66. The Morgan fingerprint density at radius 1 is 1.00 bits per heavy atom. The number of para-hydroxylation sites is 1. The Hall–Kier alpha value is -2.58. The zero-order valence-electron chi connectivity index (χ0n) is 14.7. The van der Waals surface area contributed by atoms with Crippen molar-refractivity contribution in [3.8, 4) is 0 Å². The van der Waals surface area contributed by atoms with E-state index in [0.29, 0.717) is 6.54 Å². The second kappa shape index (κ2) is 9.38. The van der Waals surface area contributed by atoms with Gasteiger partial charge in [0.05, 0.1) is 22.2 Å². The van der Waals surface area contributed by atoms with E-state index in [1.807, 2.05) is 6.92 Å². The maximum absolute atomic E-state index is 12.4. The molecule has 0 fully saturated rings. The highest BCUT2D eigenvalue weighted by atomic mass is 35.5. The number of rotatable bonds is 8. The lowest BCUT2D eigenvalue weighted by molar-refractivity contribution is -0.120. The second-order valence-electron chi connectivity index (χ2n) is 5.64. The van der Waals surface area contributed by atoms with E-state index >= 15 is 0 Å². The Balaban J connectivity index is 2.02. The van der Waals surface area contributed by atoms with E-state index in [-0.39, 0.29) is 33.6 Å². The SMILES string of the molecule is CCCNC(=O)CNC(=O)c1ccc(S(=O)(=O)Nc2ccccc2Cl)cc1. The average molecular weight is 410 g/mol. The van der Waals surface area contributed by atoms with Crippen LogP contribution in [0.2, 0.25) is 5.02 Å². The fraction of sp³-hybridized carbons (Fsp3) is 0.222. The number of benzene rings is 2. The monoisotopic (exact) mass is 409 g/mol. The highest BCUT2D eigenvalue weighted by Crippen LogP contribution is 2.24. The minimum Gasteiger partial charge on any atom is -0.355 e. The quantitative estimate of drug-likeness (QED) is 0.622. The zero-order valence-corrected chi connectivity index (χ0v) is 16.2. The molecule has 2 amide bonds. The summed E-state index contributed by atoms with van der Waals surface area (Å²) < 4.78 is 27.3. The molecular weight excluding hydrogens is 390 g/mol. The van der Waals surface area contributed by atoms with Gasteiger partial charge in [0, 0.05) is 12.1 Å². The zero-order chi connectivity index (χ0) is 19.9. The van der Waals surface area contributed by atoms with Gasteiger partial charge >= 0.3 is 0 Å². The molecule has 0 aliphatic heterocycles. The van der Waals surface area contributed by atoms with Crippen LogP contribution in [0.5, 0.6) is 0 Å². The first-order valence-electron chi connectivity index (χ1n) is 8.26. The number of amides is 2. The molecule has 0 unspecified atom stereocenters. The van der Waals surface area contributed by atoms with Crippen LogP contribution < -0.4 is 15.4 Å². The van der Waals surface area contributed by atoms with E-state index in [1.165, 1.54) is 24.3 Å². The van der Waals surface area contributed by atoms with E-state index in [4.69, 9.17) is 11.6 Å². The van der Waals surface area contributed by atoms with Crippen LogP contribution >= 0.6 is 11.6 Å². The van der Waals surface area contributed by atoms with Gasteiger partial charge in [-0.2, -0.15) is 0 Å². The second-order valence-corrected chi connectivity index (χ2v) is 7.73. The van der Waals surface area contributed by atoms with E-state index in [9.17, 15) is 18.0 Å². The van der Waals surface area contributed by atoms with Crippen LogP contribution in [0.15, 0.2) is 53.4 Å². The molecule has 0 bridgehead atoms. The summed E-state index contributed by atoms with van der Waals surface area (Å²) in [6.45, 7) is 2.32. The van der Waals surface area contributed by atoms with Crippen LogP contribution in [-0.4, -0.2) is 33.3 Å². The number of anilines is 1. The summed E-state index contributed by atoms with van der Waals surface area (Å²) in [6, 6.07) is 11.8. The van der Waals surface area contributed by atoms with Crippen LogP contribution in [0.25, 0.3) is 0 Å². The molecule has 0 spiro atoms. The Bertz CT molecular complexity index is 914. The molecule has 0 radical (unpaired) electrons. The van der Waals surface area contributed by atoms with Gasteiger partial charge in [0.15, 0.2) is 0 Å². The Labute approximate surface area is 163 Å². The van der Waals surface area contributed by atoms with Gasteiger partial charge < -0.3 is 10.6 Å². The van der Waals surface area contributed by atoms with Crippen molar-refractivity contribution in [3.63, 3.8) is 0 Å². The molecule has 2 aromatic rings. The molecule has 2 aromatic carbocycles. The Kier molecular flexibility index (Phi) is 7.20. The van der Waals surface area contributed by atoms with Gasteiger partial charge in [-0.05, 0) is 42.8 Å². The third-order valence-electron chi connectivity index (χ3n) is 3.53. The number of carbonyl (C=O) groups is 2. The third-order valence-corrected chi connectivity index (χ3v) is 5.24. The van der Waals surface area contributed by atoms with Crippen LogP contribution in [0, 0.1) is 0 Å². The summed E-state index contributed by atoms with van der Waals surface area (Å²) in [6.07, 6.45) is 0.803. The summed E-state index contributed by atoms with van der Waals surface area (Å²) in [4.78, 5) is 23.5. The maximum atomic E-state index is 12.4. The normalized spacial score (nSPS) is 10.9. The molecule has 0 heterocycles. The first-order valence-corrected chi connectivity index (χ1v) is 10.1. The summed E-state index contributed by atoms with van der Waals surface area (Å²) in [7, 11) is -3.84. The predicted octanol–water partition coefficient (Wildman–Crippen LogP) is 2.40. The van der Waals surface area contributed by atoms with Gasteiger partial charge in [-0.3, -0.25) is 14.3 Å². The van der Waals surface area contributed by atoms with Gasteiger partial charge in [-0.1, -0.05) is 30.7 Å². The molecule has 0 aliphatic carbocycles. The Morgan fingerprint density at radius 3 is 2.30 bits per heavy atom. The van der Waals surface area contributed by atoms with Crippen molar-refractivity contribution in [1.29, 1.82) is 0 Å². The molecule has 0 saturated heterocycles. The van der Waals surface area contributed by atoms with E-state index in [2.05, 4.69) is 15.4 Å². The van der Waals surface area contributed by atoms with Crippen LogP contribution in [-0.2, 0) is 14.8 Å². The van der Waals surface area contributed by atoms with Crippen LogP contribution in [0.4, 0.5) is 5.69 Å². The lowest BCUT2D eigenvalue weighted by Crippen LogP contribution is -2.37. The largest absolute Gasteiger partial charge is 0.355 e. The standard InChI is InChI=1S/C18H20ClN3O4S/c1-2-11-20-17(23)12-21-18(24)13-7-9-14(10-8-13)27(25,26)22-16-6-4-3-5-15(16)19/h3-10,22H,2,11-12H2,1H3,(H,20,23)(H,21,24). The van der Waals surface area contributed by atoms with Gasteiger partial charge in [-0.15, -0.1) is 0 Å². The molecule has 0 aliphatic rings. The number of hydrogen-bond acceptors (Lipinski definition) is 4. The van der Waals surface area contributed by atoms with Gasteiger partial charge in [0.1, 0.15) is 0 Å². The molecule has 3 N–H and O–H groups in total. The first-order chi connectivity index (χ1) is 12.8. The lowest BCUT2D eigenvalue weighted by Gasteiger charge is -2.10. The highest BCUT2D eigenvalue weighted by Gasteiger charge is 2.16. The summed E-state index contributed by atoms with van der Waals surface area (Å²) in [5, 5.41) is 5.40. The van der Waals surface area contributed by atoms with Crippen molar-refractivity contribution in [3.05, 3.63) is 59.1 Å². The summed E-state index contributed by atoms with van der Waals surface area (Å²) in [5.74, 6) is -0.752. The van der Waals surface area contributed by atoms with Crippen LogP contribution in [0.3, 0.4) is 0 Å². The van der Waals surface area contributed by atoms with E-state index in [1.54, 1.807) is 24.3 Å². The molecule has 144 valence electrons. The summed E-state index contributed by atoms with van der Waals surface area (Å²) in [5.41, 5.74) is 0.508. The molecular formula is C18H20ClN3O4S. The highest BCUT2D eigenvalue weighted by molar-refractivity contribution is 7.92. The molecule has 0 atom stereocenters. The molecule has 0 aromatic heterocycles. The minimum absolute atomic E-state index is 0.0142. The summed E-state index contributed by atoms with van der Waals surface area (Å²) >= 11 is 5.96. The Morgan fingerprint density at radius 2 is 1.67 bits per heavy atom. The first kappa shape index (κ1) is 20.7. The fourth-order valence-corrected chi connectivity index (χ4v) is 3.44.